The van der Waals surface area contributed by atoms with Gasteiger partial charge < -0.3 is 15.5 Å². The lowest BCUT2D eigenvalue weighted by Crippen LogP contribution is -2.02. The smallest absolute Gasteiger partial charge is 0.229 e. The molecule has 4 aromatic rings. The third-order valence-corrected chi connectivity index (χ3v) is 4.38. The van der Waals surface area contributed by atoms with Gasteiger partial charge in [-0.2, -0.15) is 9.67 Å². The van der Waals surface area contributed by atoms with E-state index in [2.05, 4.69) is 25.6 Å². The summed E-state index contributed by atoms with van der Waals surface area (Å²) in [6.07, 6.45) is 2.88. The summed E-state index contributed by atoms with van der Waals surface area (Å²) in [5, 5.41) is 29.5. The molecule has 2 heterocycles. The Morgan fingerprint density at radius 2 is 1.50 bits per heavy atom. The fourth-order valence-electron chi connectivity index (χ4n) is 2.91. The molecule has 8 nitrogen and oxygen atoms in total. The molecule has 0 fully saturated rings. The number of rotatable bonds is 7. The van der Waals surface area contributed by atoms with E-state index in [-0.39, 0.29) is 13.2 Å². The van der Waals surface area contributed by atoms with E-state index in [9.17, 15) is 0 Å². The Kier molecular flexibility index (Phi) is 5.22. The summed E-state index contributed by atoms with van der Waals surface area (Å²) in [6, 6.07) is 15.5. The van der Waals surface area contributed by atoms with E-state index in [1.807, 2.05) is 48.5 Å². The Morgan fingerprint density at radius 1 is 0.857 bits per heavy atom. The standard InChI is InChI=1S/C20H20N6O2/c27-11-9-14-1-5-16(6-2-14)22-20-21-13-18-19(23-20)26(25-24-18)17-7-3-15(4-8-17)10-12-28/h1-8,13,27-28H,9-12H2,(H,21,22,23). The molecule has 0 unspecified atom stereocenters. The summed E-state index contributed by atoms with van der Waals surface area (Å²) in [6.45, 7) is 0.249. The van der Waals surface area contributed by atoms with Gasteiger partial charge in [0.15, 0.2) is 11.2 Å². The second-order valence-electron chi connectivity index (χ2n) is 6.34. The zero-order valence-corrected chi connectivity index (χ0v) is 15.2. The molecule has 4 rings (SSSR count). The van der Waals surface area contributed by atoms with Crippen LogP contribution in [0.1, 0.15) is 11.1 Å². The molecule has 0 aliphatic carbocycles. The van der Waals surface area contributed by atoms with E-state index in [4.69, 9.17) is 10.2 Å². The molecule has 0 radical (unpaired) electrons. The SMILES string of the molecule is OCCc1ccc(Nc2ncc3nnn(-c4ccc(CCO)cc4)c3n2)cc1. The number of hydrogen-bond acceptors (Lipinski definition) is 7. The summed E-state index contributed by atoms with van der Waals surface area (Å²) in [5.74, 6) is 0.447. The third-order valence-electron chi connectivity index (χ3n) is 4.38. The summed E-state index contributed by atoms with van der Waals surface area (Å²) >= 11 is 0. The van der Waals surface area contributed by atoms with Crippen molar-refractivity contribution in [2.75, 3.05) is 18.5 Å². The molecule has 8 heteroatoms. The van der Waals surface area contributed by atoms with Crippen LogP contribution in [-0.4, -0.2) is 48.4 Å². The van der Waals surface area contributed by atoms with Gasteiger partial charge in [0.25, 0.3) is 0 Å². The van der Waals surface area contributed by atoms with Gasteiger partial charge in [-0.25, -0.2) is 4.98 Å². The lowest BCUT2D eigenvalue weighted by Gasteiger charge is -2.07. The Hall–Kier alpha value is -3.36. The van der Waals surface area contributed by atoms with Gasteiger partial charge in [-0.1, -0.05) is 29.5 Å². The maximum atomic E-state index is 9.05. The third kappa shape index (κ3) is 3.83. The minimum absolute atomic E-state index is 0.120. The molecule has 3 N–H and O–H groups in total. The molecule has 2 aromatic carbocycles. The van der Waals surface area contributed by atoms with Crippen LogP contribution in [0.15, 0.2) is 54.7 Å². The minimum Gasteiger partial charge on any atom is -0.396 e. The topological polar surface area (TPSA) is 109 Å². The van der Waals surface area contributed by atoms with Crippen LogP contribution in [0, 0.1) is 0 Å². The number of hydrogen-bond donors (Lipinski definition) is 3. The predicted molar refractivity (Wildman–Crippen MR) is 106 cm³/mol. The van der Waals surface area contributed by atoms with Gasteiger partial charge in [-0.05, 0) is 48.2 Å². The van der Waals surface area contributed by atoms with E-state index in [1.54, 1.807) is 10.9 Å². The zero-order valence-electron chi connectivity index (χ0n) is 15.2. The second-order valence-corrected chi connectivity index (χ2v) is 6.34. The van der Waals surface area contributed by atoms with Crippen LogP contribution in [-0.2, 0) is 12.8 Å². The van der Waals surface area contributed by atoms with E-state index in [0.29, 0.717) is 30.0 Å². The number of anilines is 2. The largest absolute Gasteiger partial charge is 0.396 e. The molecule has 28 heavy (non-hydrogen) atoms. The van der Waals surface area contributed by atoms with E-state index in [1.165, 1.54) is 0 Å². The first-order chi connectivity index (χ1) is 13.8. The molecule has 0 atom stereocenters. The molecule has 0 aliphatic heterocycles. The van der Waals surface area contributed by atoms with Crippen LogP contribution in [0.4, 0.5) is 11.6 Å². The Labute approximate surface area is 161 Å². The van der Waals surface area contributed by atoms with E-state index in [0.717, 1.165) is 22.5 Å². The normalized spacial score (nSPS) is 11.1. The first-order valence-corrected chi connectivity index (χ1v) is 9.02. The highest BCUT2D eigenvalue weighted by Crippen LogP contribution is 2.19. The minimum atomic E-state index is 0.120. The highest BCUT2D eigenvalue weighted by atomic mass is 16.3. The quantitative estimate of drug-likeness (QED) is 0.453. The number of aliphatic hydroxyl groups excluding tert-OH is 2. The number of nitrogens with zero attached hydrogens (tertiary/aromatic N) is 5. The van der Waals surface area contributed by atoms with Gasteiger partial charge in [0.2, 0.25) is 5.95 Å². The average Bonchev–Trinajstić information content (AvgIpc) is 3.14. The van der Waals surface area contributed by atoms with Crippen molar-refractivity contribution in [3.8, 4) is 5.69 Å². The fraction of sp³-hybridized carbons (Fsp3) is 0.200. The maximum absolute atomic E-state index is 9.05. The molecule has 0 aliphatic rings. The number of aliphatic hydroxyl groups is 2. The average molecular weight is 376 g/mol. The van der Waals surface area contributed by atoms with Gasteiger partial charge in [-0.15, -0.1) is 5.10 Å². The van der Waals surface area contributed by atoms with Gasteiger partial charge in [-0.3, -0.25) is 0 Å². The second kappa shape index (κ2) is 8.12. The van der Waals surface area contributed by atoms with Crippen LogP contribution < -0.4 is 5.32 Å². The molecule has 0 saturated carbocycles. The lowest BCUT2D eigenvalue weighted by molar-refractivity contribution is 0.299. The van der Waals surface area contributed by atoms with Crippen molar-refractivity contribution in [1.29, 1.82) is 0 Å². The number of fused-ring (bicyclic) bond motifs is 1. The summed E-state index contributed by atoms with van der Waals surface area (Å²) < 4.78 is 1.66. The van der Waals surface area contributed by atoms with Crippen molar-refractivity contribution in [3.05, 3.63) is 65.9 Å². The molecule has 0 amide bonds. The predicted octanol–water partition coefficient (Wildman–Crippen LogP) is 2.02. The fourth-order valence-corrected chi connectivity index (χ4v) is 2.91. The molecular weight excluding hydrogens is 356 g/mol. The highest BCUT2D eigenvalue weighted by molar-refractivity contribution is 5.72. The monoisotopic (exact) mass is 376 g/mol. The molecule has 0 spiro atoms. The van der Waals surface area contributed by atoms with E-state index < -0.39 is 0 Å². The van der Waals surface area contributed by atoms with Crippen LogP contribution in [0.2, 0.25) is 0 Å². The Bertz CT molecular complexity index is 1060. The van der Waals surface area contributed by atoms with Crippen molar-refractivity contribution in [2.45, 2.75) is 12.8 Å². The molecular formula is C20H20N6O2. The number of nitrogens with one attached hydrogen (secondary N) is 1. The highest BCUT2D eigenvalue weighted by Gasteiger charge is 2.10. The maximum Gasteiger partial charge on any atom is 0.229 e. The molecule has 142 valence electrons. The van der Waals surface area contributed by atoms with E-state index >= 15 is 0 Å². The molecule has 0 saturated heterocycles. The Balaban J connectivity index is 1.60. The van der Waals surface area contributed by atoms with Crippen LogP contribution >= 0.6 is 0 Å². The first kappa shape index (κ1) is 18.0. The van der Waals surface area contributed by atoms with Crippen molar-refractivity contribution in [2.24, 2.45) is 0 Å². The summed E-state index contributed by atoms with van der Waals surface area (Å²) in [7, 11) is 0. The van der Waals surface area contributed by atoms with Crippen molar-refractivity contribution in [1.82, 2.24) is 25.0 Å². The van der Waals surface area contributed by atoms with Gasteiger partial charge in [0.1, 0.15) is 0 Å². The zero-order chi connectivity index (χ0) is 19.3. The van der Waals surface area contributed by atoms with Crippen molar-refractivity contribution < 1.29 is 10.2 Å². The van der Waals surface area contributed by atoms with Gasteiger partial charge >= 0.3 is 0 Å². The first-order valence-electron chi connectivity index (χ1n) is 9.02. The van der Waals surface area contributed by atoms with Crippen molar-refractivity contribution in [3.63, 3.8) is 0 Å². The van der Waals surface area contributed by atoms with Crippen LogP contribution in [0.3, 0.4) is 0 Å². The summed E-state index contributed by atoms with van der Waals surface area (Å²) in [4.78, 5) is 8.86. The van der Waals surface area contributed by atoms with Crippen LogP contribution in [0.5, 0.6) is 0 Å². The van der Waals surface area contributed by atoms with Gasteiger partial charge in [0, 0.05) is 18.9 Å². The molecule has 2 aromatic heterocycles. The van der Waals surface area contributed by atoms with Crippen LogP contribution in [0.25, 0.3) is 16.9 Å². The number of benzene rings is 2. The Morgan fingerprint density at radius 3 is 2.14 bits per heavy atom. The lowest BCUT2D eigenvalue weighted by atomic mass is 10.1. The van der Waals surface area contributed by atoms with Gasteiger partial charge in [0.05, 0.1) is 11.9 Å². The number of aromatic nitrogens is 5. The van der Waals surface area contributed by atoms with Crippen molar-refractivity contribution >= 4 is 22.8 Å². The summed E-state index contributed by atoms with van der Waals surface area (Å²) in [5.41, 5.74) is 5.01. The molecule has 0 bridgehead atoms.